The van der Waals surface area contributed by atoms with Gasteiger partial charge in [0.15, 0.2) is 5.82 Å². The zero-order valence-corrected chi connectivity index (χ0v) is 11.5. The van der Waals surface area contributed by atoms with Gasteiger partial charge in [0.05, 0.1) is 13.3 Å². The van der Waals surface area contributed by atoms with Crippen molar-refractivity contribution in [3.63, 3.8) is 0 Å². The summed E-state index contributed by atoms with van der Waals surface area (Å²) in [6.45, 7) is 2.01. The van der Waals surface area contributed by atoms with Gasteiger partial charge in [0.2, 0.25) is 0 Å². The number of nitrogen functional groups attached to an aromatic ring is 1. The molecule has 0 saturated heterocycles. The fourth-order valence-electron chi connectivity index (χ4n) is 1.62. The Balaban J connectivity index is 2.18. The molecule has 0 spiro atoms. The van der Waals surface area contributed by atoms with Gasteiger partial charge in [-0.05, 0) is 24.6 Å². The van der Waals surface area contributed by atoms with E-state index in [2.05, 4.69) is 15.3 Å². The Hall–Kier alpha value is -2.01. The van der Waals surface area contributed by atoms with E-state index in [9.17, 15) is 0 Å². The van der Waals surface area contributed by atoms with Crippen LogP contribution >= 0.6 is 11.6 Å². The molecule has 0 aliphatic rings. The van der Waals surface area contributed by atoms with Crippen LogP contribution in [0, 0.1) is 0 Å². The second kappa shape index (κ2) is 5.75. The number of halogens is 1. The van der Waals surface area contributed by atoms with Crippen molar-refractivity contribution >= 4 is 23.1 Å². The molecule has 1 unspecified atom stereocenters. The Morgan fingerprint density at radius 3 is 2.63 bits per heavy atom. The fraction of sp³-hybridized carbons (Fsp3) is 0.231. The molecule has 2 rings (SSSR count). The molecule has 0 amide bonds. The largest absolute Gasteiger partial charge is 0.467 e. The second-order valence-electron chi connectivity index (χ2n) is 4.09. The molecule has 1 heterocycles. The first-order valence-electron chi connectivity index (χ1n) is 5.78. The minimum atomic E-state index is 0.0395. The van der Waals surface area contributed by atoms with Crippen molar-refractivity contribution in [2.45, 2.75) is 13.0 Å². The highest BCUT2D eigenvalue weighted by atomic mass is 35.5. The maximum absolute atomic E-state index is 6.05. The number of nitrogens with one attached hydrogen (secondary N) is 1. The van der Waals surface area contributed by atoms with Crippen LogP contribution in [0.4, 0.5) is 11.5 Å². The number of hydrogen-bond acceptors (Lipinski definition) is 5. The Bertz CT molecular complexity index is 559. The topological polar surface area (TPSA) is 73.1 Å². The van der Waals surface area contributed by atoms with Crippen LogP contribution in [0.2, 0.25) is 5.02 Å². The minimum Gasteiger partial charge on any atom is -0.467 e. The summed E-state index contributed by atoms with van der Waals surface area (Å²) in [4.78, 5) is 8.10. The predicted molar refractivity (Wildman–Crippen MR) is 76.5 cm³/mol. The molecule has 0 aliphatic carbocycles. The highest BCUT2D eigenvalue weighted by Crippen LogP contribution is 2.25. The van der Waals surface area contributed by atoms with Crippen LogP contribution in [-0.2, 0) is 0 Å². The summed E-state index contributed by atoms with van der Waals surface area (Å²) in [6.07, 6.45) is 1.51. The Morgan fingerprint density at radius 2 is 2.00 bits per heavy atom. The monoisotopic (exact) mass is 278 g/mol. The predicted octanol–water partition coefficient (Wildman–Crippen LogP) is 2.89. The summed E-state index contributed by atoms with van der Waals surface area (Å²) in [5, 5.41) is 3.66. The number of nitrogens with two attached hydrogens (primary N) is 1. The molecular weight excluding hydrogens is 264 g/mol. The van der Waals surface area contributed by atoms with E-state index in [1.54, 1.807) is 0 Å². The van der Waals surface area contributed by atoms with E-state index in [0.717, 1.165) is 11.3 Å². The second-order valence-corrected chi connectivity index (χ2v) is 4.49. The molecule has 100 valence electrons. The van der Waals surface area contributed by atoms with Gasteiger partial charge in [-0.15, -0.1) is 0 Å². The number of rotatable bonds is 4. The van der Waals surface area contributed by atoms with E-state index < -0.39 is 0 Å². The third-order valence-electron chi connectivity index (χ3n) is 2.69. The summed E-state index contributed by atoms with van der Waals surface area (Å²) in [5.41, 5.74) is 7.48. The lowest BCUT2D eigenvalue weighted by Crippen LogP contribution is -2.09. The average Bonchev–Trinajstić information content (AvgIpc) is 2.42. The van der Waals surface area contributed by atoms with Crippen molar-refractivity contribution in [3.8, 4) is 6.01 Å². The summed E-state index contributed by atoms with van der Waals surface area (Å²) in [5.74, 6) is 0.540. The molecule has 0 bridgehead atoms. The van der Waals surface area contributed by atoms with Crippen LogP contribution < -0.4 is 15.8 Å². The van der Waals surface area contributed by atoms with Crippen molar-refractivity contribution in [1.82, 2.24) is 9.97 Å². The van der Waals surface area contributed by atoms with Gasteiger partial charge in [-0.3, -0.25) is 0 Å². The molecule has 0 radical (unpaired) electrons. The molecule has 19 heavy (non-hydrogen) atoms. The minimum absolute atomic E-state index is 0.0395. The van der Waals surface area contributed by atoms with E-state index in [1.165, 1.54) is 13.3 Å². The molecule has 3 N–H and O–H groups in total. The van der Waals surface area contributed by atoms with E-state index >= 15 is 0 Å². The lowest BCUT2D eigenvalue weighted by atomic mass is 10.1. The quantitative estimate of drug-likeness (QED) is 0.841. The third-order valence-corrected chi connectivity index (χ3v) is 2.97. The number of benzene rings is 1. The van der Waals surface area contributed by atoms with Gasteiger partial charge in [-0.1, -0.05) is 23.7 Å². The lowest BCUT2D eigenvalue weighted by Gasteiger charge is -2.16. The van der Waals surface area contributed by atoms with Crippen LogP contribution in [0.5, 0.6) is 6.01 Å². The molecular formula is C13H15ClN4O. The Kier molecular flexibility index (Phi) is 4.06. The lowest BCUT2D eigenvalue weighted by molar-refractivity contribution is 0.380. The number of nitrogens with zero attached hydrogens (tertiary/aromatic N) is 2. The summed E-state index contributed by atoms with van der Waals surface area (Å²) in [6, 6.07) is 7.94. The maximum Gasteiger partial charge on any atom is 0.318 e. The van der Waals surface area contributed by atoms with Crippen LogP contribution in [0.1, 0.15) is 18.5 Å². The van der Waals surface area contributed by atoms with Gasteiger partial charge < -0.3 is 15.8 Å². The normalized spacial score (nSPS) is 11.9. The van der Waals surface area contributed by atoms with Crippen molar-refractivity contribution in [1.29, 1.82) is 0 Å². The summed E-state index contributed by atoms with van der Waals surface area (Å²) in [7, 11) is 1.51. The molecule has 5 nitrogen and oxygen atoms in total. The number of methoxy groups -OCH3 is 1. The first-order chi connectivity index (χ1) is 9.10. The van der Waals surface area contributed by atoms with E-state index in [1.807, 2.05) is 31.2 Å². The molecule has 2 aromatic rings. The van der Waals surface area contributed by atoms with Gasteiger partial charge in [-0.25, -0.2) is 4.98 Å². The first kappa shape index (κ1) is 13.4. The molecule has 1 atom stereocenters. The van der Waals surface area contributed by atoms with E-state index in [-0.39, 0.29) is 12.1 Å². The smallest absolute Gasteiger partial charge is 0.318 e. The van der Waals surface area contributed by atoms with Crippen molar-refractivity contribution in [3.05, 3.63) is 41.0 Å². The first-order valence-corrected chi connectivity index (χ1v) is 6.16. The van der Waals surface area contributed by atoms with Gasteiger partial charge in [0, 0.05) is 11.7 Å². The molecule has 0 aliphatic heterocycles. The number of hydrogen-bond donors (Lipinski definition) is 2. The van der Waals surface area contributed by atoms with Crippen molar-refractivity contribution in [2.75, 3.05) is 18.2 Å². The average molecular weight is 279 g/mol. The highest BCUT2D eigenvalue weighted by molar-refractivity contribution is 6.32. The van der Waals surface area contributed by atoms with E-state index in [4.69, 9.17) is 22.1 Å². The van der Waals surface area contributed by atoms with Gasteiger partial charge >= 0.3 is 6.01 Å². The van der Waals surface area contributed by atoms with Crippen LogP contribution in [0.3, 0.4) is 0 Å². The number of aromatic nitrogens is 2. The Morgan fingerprint density at radius 1 is 1.32 bits per heavy atom. The highest BCUT2D eigenvalue weighted by Gasteiger charge is 2.10. The van der Waals surface area contributed by atoms with Gasteiger partial charge in [0.1, 0.15) is 5.02 Å². The fourth-order valence-corrected chi connectivity index (χ4v) is 1.77. The number of ether oxygens (including phenoxy) is 1. The van der Waals surface area contributed by atoms with Gasteiger partial charge in [0.25, 0.3) is 0 Å². The van der Waals surface area contributed by atoms with Gasteiger partial charge in [-0.2, -0.15) is 4.98 Å². The maximum atomic E-state index is 6.05. The van der Waals surface area contributed by atoms with Crippen LogP contribution in [0.25, 0.3) is 0 Å². The van der Waals surface area contributed by atoms with Crippen molar-refractivity contribution in [2.24, 2.45) is 0 Å². The van der Waals surface area contributed by atoms with Crippen LogP contribution in [-0.4, -0.2) is 17.1 Å². The Labute approximate surface area is 116 Å². The molecule has 1 aromatic heterocycles. The van der Waals surface area contributed by atoms with E-state index in [0.29, 0.717) is 10.8 Å². The zero-order chi connectivity index (χ0) is 13.8. The van der Waals surface area contributed by atoms with Crippen molar-refractivity contribution < 1.29 is 4.74 Å². The zero-order valence-electron chi connectivity index (χ0n) is 10.7. The molecule has 0 saturated carbocycles. The van der Waals surface area contributed by atoms with Crippen LogP contribution in [0.15, 0.2) is 30.5 Å². The summed E-state index contributed by atoms with van der Waals surface area (Å²) < 4.78 is 4.98. The standard InChI is InChI=1S/C13H15ClN4O/c1-8(9-3-5-10(15)6-4-9)17-12-11(14)7-16-13(18-12)19-2/h3-8H,15H2,1-2H3,(H,16,17,18). The number of anilines is 2. The molecule has 1 aromatic carbocycles. The SMILES string of the molecule is COc1ncc(Cl)c(NC(C)c2ccc(N)cc2)n1. The summed E-state index contributed by atoms with van der Waals surface area (Å²) >= 11 is 6.05. The third kappa shape index (κ3) is 3.26. The molecule has 0 fully saturated rings. The molecule has 6 heteroatoms.